The summed E-state index contributed by atoms with van der Waals surface area (Å²) < 4.78 is 9.96. The largest absolute Gasteiger partial charge is 0.421 e. The zero-order valence-electron chi connectivity index (χ0n) is 10.6. The maximum atomic E-state index is 11.7. The van der Waals surface area contributed by atoms with Crippen molar-refractivity contribution in [3.63, 3.8) is 0 Å². The van der Waals surface area contributed by atoms with E-state index in [1.165, 1.54) is 6.08 Å². The smallest absolute Gasteiger partial charge is 0.341 e. The molecule has 1 atom stereocenters. The van der Waals surface area contributed by atoms with Gasteiger partial charge < -0.3 is 9.47 Å². The second kappa shape index (κ2) is 7.87. The summed E-state index contributed by atoms with van der Waals surface area (Å²) in [6.07, 6.45) is 2.49. The Morgan fingerprint density at radius 1 is 1.16 bits per heavy atom. The van der Waals surface area contributed by atoms with Gasteiger partial charge >= 0.3 is 11.9 Å². The Kier molecular flexibility index (Phi) is 6.09. The van der Waals surface area contributed by atoms with Gasteiger partial charge in [-0.2, -0.15) is 0 Å². The predicted molar refractivity (Wildman–Crippen MR) is 71.4 cm³/mol. The lowest BCUT2D eigenvalue weighted by Crippen LogP contribution is -2.22. The van der Waals surface area contributed by atoms with Crippen molar-refractivity contribution in [3.05, 3.63) is 61.2 Å². The van der Waals surface area contributed by atoms with Crippen molar-refractivity contribution in [2.75, 3.05) is 0 Å². The monoisotopic (exact) mass is 260 g/mol. The molecule has 0 aromatic heterocycles. The number of carbonyl (C=O) groups is 2. The highest BCUT2D eigenvalue weighted by atomic mass is 16.7. The lowest BCUT2D eigenvalue weighted by molar-refractivity contribution is -0.161. The SMILES string of the molecule is C=CCCC(=O)O[C@@H](C=C)OC(=O)c1ccccc1. The molecule has 0 aliphatic carbocycles. The first kappa shape index (κ1) is 14.7. The second-order valence-corrected chi connectivity index (χ2v) is 3.69. The maximum absolute atomic E-state index is 11.7. The lowest BCUT2D eigenvalue weighted by atomic mass is 10.2. The van der Waals surface area contributed by atoms with Crippen LogP contribution >= 0.6 is 0 Å². The molecule has 4 nitrogen and oxygen atoms in total. The first-order chi connectivity index (χ1) is 9.17. The van der Waals surface area contributed by atoms with Crippen LogP contribution in [0, 0.1) is 0 Å². The summed E-state index contributed by atoms with van der Waals surface area (Å²) in [7, 11) is 0. The first-order valence-corrected chi connectivity index (χ1v) is 5.86. The van der Waals surface area contributed by atoms with Crippen molar-refractivity contribution < 1.29 is 19.1 Å². The van der Waals surface area contributed by atoms with E-state index in [1.54, 1.807) is 36.4 Å². The molecule has 0 N–H and O–H groups in total. The molecule has 0 aliphatic rings. The van der Waals surface area contributed by atoms with Crippen LogP contribution < -0.4 is 0 Å². The van der Waals surface area contributed by atoms with Crippen LogP contribution in [0.25, 0.3) is 0 Å². The molecule has 0 fully saturated rings. The molecular formula is C15H16O4. The van der Waals surface area contributed by atoms with Crippen molar-refractivity contribution in [1.82, 2.24) is 0 Å². The normalized spacial score (nSPS) is 11.2. The Morgan fingerprint density at radius 2 is 1.84 bits per heavy atom. The minimum absolute atomic E-state index is 0.191. The number of esters is 2. The Labute approximate surface area is 112 Å². The summed E-state index contributed by atoms with van der Waals surface area (Å²) in [6.45, 7) is 6.97. The quantitative estimate of drug-likeness (QED) is 0.430. The van der Waals surface area contributed by atoms with Gasteiger partial charge in [0.15, 0.2) is 0 Å². The highest BCUT2D eigenvalue weighted by molar-refractivity contribution is 5.89. The third-order valence-corrected chi connectivity index (χ3v) is 2.23. The van der Waals surface area contributed by atoms with Gasteiger partial charge in [0.1, 0.15) is 0 Å². The fraction of sp³-hybridized carbons (Fsp3) is 0.200. The molecule has 0 bridgehead atoms. The molecule has 1 aromatic carbocycles. The zero-order valence-corrected chi connectivity index (χ0v) is 10.6. The van der Waals surface area contributed by atoms with E-state index in [-0.39, 0.29) is 6.42 Å². The van der Waals surface area contributed by atoms with Crippen molar-refractivity contribution in [3.8, 4) is 0 Å². The van der Waals surface area contributed by atoms with E-state index in [2.05, 4.69) is 13.2 Å². The summed E-state index contributed by atoms with van der Waals surface area (Å²) in [5.41, 5.74) is 0.386. The number of benzene rings is 1. The van der Waals surface area contributed by atoms with E-state index in [1.807, 2.05) is 0 Å². The summed E-state index contributed by atoms with van der Waals surface area (Å²) in [5, 5.41) is 0. The standard InChI is InChI=1S/C15H16O4/c1-3-5-11-13(16)18-14(4-2)19-15(17)12-9-7-6-8-10-12/h3-4,6-10,14H,1-2,5,11H2/t14-/m1/s1. The van der Waals surface area contributed by atoms with Gasteiger partial charge in [-0.25, -0.2) is 4.79 Å². The van der Waals surface area contributed by atoms with Crippen LogP contribution in [0.15, 0.2) is 55.6 Å². The molecule has 0 heterocycles. The molecule has 4 heteroatoms. The molecule has 1 rings (SSSR count). The third-order valence-electron chi connectivity index (χ3n) is 2.23. The molecule has 0 radical (unpaired) electrons. The van der Waals surface area contributed by atoms with Crippen molar-refractivity contribution >= 4 is 11.9 Å². The molecule has 100 valence electrons. The Bertz CT molecular complexity index is 450. The maximum Gasteiger partial charge on any atom is 0.341 e. The van der Waals surface area contributed by atoms with Crippen molar-refractivity contribution in [2.45, 2.75) is 19.1 Å². The predicted octanol–water partition coefficient (Wildman–Crippen LogP) is 2.86. The average Bonchev–Trinajstić information content (AvgIpc) is 2.45. The Morgan fingerprint density at radius 3 is 2.42 bits per heavy atom. The van der Waals surface area contributed by atoms with Crippen LogP contribution in [0.1, 0.15) is 23.2 Å². The van der Waals surface area contributed by atoms with Crippen LogP contribution in [0.3, 0.4) is 0 Å². The van der Waals surface area contributed by atoms with E-state index in [9.17, 15) is 9.59 Å². The van der Waals surface area contributed by atoms with Crippen LogP contribution in [0.2, 0.25) is 0 Å². The average molecular weight is 260 g/mol. The zero-order chi connectivity index (χ0) is 14.1. The minimum Gasteiger partial charge on any atom is -0.421 e. The third kappa shape index (κ3) is 5.21. The highest BCUT2D eigenvalue weighted by Gasteiger charge is 2.16. The molecule has 0 saturated carbocycles. The topological polar surface area (TPSA) is 52.6 Å². The lowest BCUT2D eigenvalue weighted by Gasteiger charge is -2.14. The number of rotatable bonds is 7. The van der Waals surface area contributed by atoms with Gasteiger partial charge in [0.05, 0.1) is 5.56 Å². The van der Waals surface area contributed by atoms with E-state index >= 15 is 0 Å². The second-order valence-electron chi connectivity index (χ2n) is 3.69. The van der Waals surface area contributed by atoms with Gasteiger partial charge in [0.25, 0.3) is 6.29 Å². The summed E-state index contributed by atoms with van der Waals surface area (Å²) in [4.78, 5) is 23.1. The number of carbonyl (C=O) groups excluding carboxylic acids is 2. The van der Waals surface area contributed by atoms with E-state index in [0.29, 0.717) is 12.0 Å². The van der Waals surface area contributed by atoms with E-state index < -0.39 is 18.2 Å². The number of allylic oxidation sites excluding steroid dienone is 1. The molecule has 0 saturated heterocycles. The highest BCUT2D eigenvalue weighted by Crippen LogP contribution is 2.07. The summed E-state index contributed by atoms with van der Waals surface area (Å²) >= 11 is 0. The van der Waals surface area contributed by atoms with Gasteiger partial charge in [0, 0.05) is 6.42 Å². The Balaban J connectivity index is 2.52. The van der Waals surface area contributed by atoms with Gasteiger partial charge in [-0.1, -0.05) is 30.9 Å². The van der Waals surface area contributed by atoms with Crippen LogP contribution in [-0.2, 0) is 14.3 Å². The molecule has 0 aliphatic heterocycles. The van der Waals surface area contributed by atoms with Crippen molar-refractivity contribution in [1.29, 1.82) is 0 Å². The van der Waals surface area contributed by atoms with Crippen LogP contribution in [-0.4, -0.2) is 18.2 Å². The number of ether oxygens (including phenoxy) is 2. The fourth-order valence-corrected chi connectivity index (χ4v) is 1.28. The van der Waals surface area contributed by atoms with Crippen LogP contribution in [0.4, 0.5) is 0 Å². The molecular weight excluding hydrogens is 244 g/mol. The van der Waals surface area contributed by atoms with E-state index in [0.717, 1.165) is 0 Å². The van der Waals surface area contributed by atoms with Gasteiger partial charge in [-0.05, 0) is 24.6 Å². The van der Waals surface area contributed by atoms with Gasteiger partial charge in [-0.15, -0.1) is 6.58 Å². The van der Waals surface area contributed by atoms with Crippen molar-refractivity contribution in [2.24, 2.45) is 0 Å². The number of hydrogen-bond acceptors (Lipinski definition) is 4. The molecule has 0 spiro atoms. The summed E-state index contributed by atoms with van der Waals surface area (Å²) in [6, 6.07) is 8.45. The first-order valence-electron chi connectivity index (χ1n) is 5.86. The van der Waals surface area contributed by atoms with Gasteiger partial charge in [0.2, 0.25) is 0 Å². The molecule has 19 heavy (non-hydrogen) atoms. The van der Waals surface area contributed by atoms with Crippen LogP contribution in [0.5, 0.6) is 0 Å². The van der Waals surface area contributed by atoms with E-state index in [4.69, 9.17) is 9.47 Å². The van der Waals surface area contributed by atoms with Gasteiger partial charge in [-0.3, -0.25) is 4.79 Å². The summed E-state index contributed by atoms with van der Waals surface area (Å²) in [5.74, 6) is -1.03. The molecule has 1 aromatic rings. The Hall–Kier alpha value is -2.36. The number of hydrogen-bond donors (Lipinski definition) is 0. The molecule has 0 amide bonds. The minimum atomic E-state index is -1.08. The molecule has 0 unspecified atom stereocenters. The fourth-order valence-electron chi connectivity index (χ4n) is 1.28.